The molecule has 0 N–H and O–H groups in total. The molecule has 0 aliphatic carbocycles. The summed E-state index contributed by atoms with van der Waals surface area (Å²) in [6.07, 6.45) is 3.73. The van der Waals surface area contributed by atoms with Crippen molar-refractivity contribution in [2.45, 2.75) is 32.1 Å². The number of benzene rings is 1. The van der Waals surface area contributed by atoms with Gasteiger partial charge in [0.05, 0.1) is 0 Å². The van der Waals surface area contributed by atoms with Gasteiger partial charge in [-0.05, 0) is 12.0 Å². The normalized spacial score (nSPS) is 9.07. The van der Waals surface area contributed by atoms with Crippen molar-refractivity contribution < 1.29 is 0 Å². The van der Waals surface area contributed by atoms with Gasteiger partial charge < -0.3 is 0 Å². The standard InChI is InChI=1S/C7H7Cl.C5H11Cl/c8-6-7-4-2-1-3-5-7;1-2-3-4-5-6/h1-5H,6H2;2-5H2,1H3. The van der Waals surface area contributed by atoms with E-state index >= 15 is 0 Å². The van der Waals surface area contributed by atoms with E-state index in [9.17, 15) is 0 Å². The summed E-state index contributed by atoms with van der Waals surface area (Å²) in [5, 5.41) is 0. The molecule has 0 aliphatic heterocycles. The zero-order chi connectivity index (χ0) is 10.6. The Balaban J connectivity index is 0.000000255. The number of hydrogen-bond donors (Lipinski definition) is 0. The molecule has 0 unspecified atom stereocenters. The van der Waals surface area contributed by atoms with Crippen LogP contribution in [0.2, 0.25) is 0 Å². The van der Waals surface area contributed by atoms with Crippen LogP contribution in [0.1, 0.15) is 31.7 Å². The van der Waals surface area contributed by atoms with E-state index in [4.69, 9.17) is 23.2 Å². The van der Waals surface area contributed by atoms with Crippen LogP contribution in [-0.4, -0.2) is 5.88 Å². The summed E-state index contributed by atoms with van der Waals surface area (Å²) < 4.78 is 0. The van der Waals surface area contributed by atoms with Crippen molar-refractivity contribution >= 4 is 23.2 Å². The summed E-state index contributed by atoms with van der Waals surface area (Å²) in [6, 6.07) is 9.96. The predicted octanol–water partition coefficient (Wildman–Crippen LogP) is 4.84. The van der Waals surface area contributed by atoms with Gasteiger partial charge in [0.25, 0.3) is 0 Å². The van der Waals surface area contributed by atoms with Crippen LogP contribution in [0, 0.1) is 0 Å². The SMILES string of the molecule is CCCCCCl.ClCc1ccccc1. The number of halogens is 2. The molecule has 1 aromatic rings. The highest BCUT2D eigenvalue weighted by Gasteiger charge is 1.81. The van der Waals surface area contributed by atoms with Crippen molar-refractivity contribution in [1.82, 2.24) is 0 Å². The molecular weight excluding hydrogens is 215 g/mol. The van der Waals surface area contributed by atoms with Gasteiger partial charge in [0.1, 0.15) is 0 Å². The second-order valence-electron chi connectivity index (χ2n) is 3.02. The Bertz CT molecular complexity index is 193. The van der Waals surface area contributed by atoms with Gasteiger partial charge >= 0.3 is 0 Å². The molecule has 1 rings (SSSR count). The highest BCUT2D eigenvalue weighted by atomic mass is 35.5. The molecule has 0 saturated carbocycles. The molecule has 1 aromatic carbocycles. The Morgan fingerprint density at radius 1 is 1.00 bits per heavy atom. The van der Waals surface area contributed by atoms with Gasteiger partial charge in [0, 0.05) is 11.8 Å². The summed E-state index contributed by atoms with van der Waals surface area (Å²) in [7, 11) is 0. The molecule has 0 saturated heterocycles. The summed E-state index contributed by atoms with van der Waals surface area (Å²) >= 11 is 10.9. The van der Waals surface area contributed by atoms with Crippen LogP contribution in [0.5, 0.6) is 0 Å². The minimum atomic E-state index is 0.612. The average Bonchev–Trinajstić information content (AvgIpc) is 2.28. The second kappa shape index (κ2) is 10.9. The molecule has 0 radical (unpaired) electrons. The van der Waals surface area contributed by atoms with Crippen LogP contribution < -0.4 is 0 Å². The molecule has 0 nitrogen and oxygen atoms in total. The molecule has 14 heavy (non-hydrogen) atoms. The van der Waals surface area contributed by atoms with Crippen LogP contribution in [0.15, 0.2) is 30.3 Å². The van der Waals surface area contributed by atoms with Gasteiger partial charge in [0.15, 0.2) is 0 Å². The van der Waals surface area contributed by atoms with E-state index in [0.29, 0.717) is 5.88 Å². The van der Waals surface area contributed by atoms with E-state index in [1.807, 2.05) is 30.3 Å². The molecule has 0 aliphatic rings. The average molecular weight is 233 g/mol. The lowest BCUT2D eigenvalue weighted by Gasteiger charge is -1.88. The second-order valence-corrected chi connectivity index (χ2v) is 3.66. The smallest absolute Gasteiger partial charge is 0.0474 e. The minimum Gasteiger partial charge on any atom is -0.127 e. The van der Waals surface area contributed by atoms with Crippen LogP contribution in [0.4, 0.5) is 0 Å². The fourth-order valence-corrected chi connectivity index (χ4v) is 1.28. The number of hydrogen-bond acceptors (Lipinski definition) is 0. The third-order valence-corrected chi connectivity index (χ3v) is 2.31. The van der Waals surface area contributed by atoms with Crippen LogP contribution in [0.3, 0.4) is 0 Å². The van der Waals surface area contributed by atoms with Crippen LogP contribution in [0.25, 0.3) is 0 Å². The van der Waals surface area contributed by atoms with Crippen molar-refractivity contribution in [2.24, 2.45) is 0 Å². The lowest BCUT2D eigenvalue weighted by molar-refractivity contribution is 0.776. The highest BCUT2D eigenvalue weighted by Crippen LogP contribution is 2.00. The Hall–Kier alpha value is -0.200. The molecule has 0 atom stereocenters. The molecule has 0 aromatic heterocycles. The first-order valence-corrected chi connectivity index (χ1v) is 6.07. The van der Waals surface area contributed by atoms with Gasteiger partial charge in [-0.15, -0.1) is 23.2 Å². The van der Waals surface area contributed by atoms with Crippen LogP contribution >= 0.6 is 23.2 Å². The lowest BCUT2D eigenvalue weighted by atomic mass is 10.2. The van der Waals surface area contributed by atoms with E-state index in [0.717, 1.165) is 5.88 Å². The fourth-order valence-electron chi connectivity index (χ4n) is 0.912. The number of alkyl halides is 2. The maximum Gasteiger partial charge on any atom is 0.0474 e. The number of rotatable bonds is 4. The largest absolute Gasteiger partial charge is 0.127 e. The first-order chi connectivity index (χ1) is 6.85. The van der Waals surface area contributed by atoms with Crippen LogP contribution in [-0.2, 0) is 5.88 Å². The molecule has 0 spiro atoms. The lowest BCUT2D eigenvalue weighted by Crippen LogP contribution is -1.71. The van der Waals surface area contributed by atoms with Gasteiger partial charge in [-0.3, -0.25) is 0 Å². The van der Waals surface area contributed by atoms with Gasteiger partial charge in [0.2, 0.25) is 0 Å². The predicted molar refractivity (Wildman–Crippen MR) is 66.2 cm³/mol. The molecule has 0 fully saturated rings. The van der Waals surface area contributed by atoms with E-state index in [1.54, 1.807) is 0 Å². The zero-order valence-electron chi connectivity index (χ0n) is 8.68. The Morgan fingerprint density at radius 2 is 1.64 bits per heavy atom. The molecule has 80 valence electrons. The molecule has 2 heteroatoms. The Kier molecular flexibility index (Phi) is 10.7. The van der Waals surface area contributed by atoms with E-state index in [1.165, 1.54) is 24.8 Å². The van der Waals surface area contributed by atoms with Gasteiger partial charge in [-0.1, -0.05) is 50.1 Å². The molecule has 0 amide bonds. The monoisotopic (exact) mass is 232 g/mol. The summed E-state index contributed by atoms with van der Waals surface area (Å²) in [4.78, 5) is 0. The van der Waals surface area contributed by atoms with Crippen molar-refractivity contribution in [3.05, 3.63) is 35.9 Å². The van der Waals surface area contributed by atoms with E-state index in [-0.39, 0.29) is 0 Å². The van der Waals surface area contributed by atoms with Gasteiger partial charge in [-0.2, -0.15) is 0 Å². The first-order valence-electron chi connectivity index (χ1n) is 5.01. The fraction of sp³-hybridized carbons (Fsp3) is 0.500. The molecule has 0 heterocycles. The third kappa shape index (κ3) is 8.40. The maximum absolute atomic E-state index is 5.53. The zero-order valence-corrected chi connectivity index (χ0v) is 10.2. The van der Waals surface area contributed by atoms with E-state index in [2.05, 4.69) is 6.92 Å². The summed E-state index contributed by atoms with van der Waals surface area (Å²) in [5.41, 5.74) is 1.18. The van der Waals surface area contributed by atoms with Crippen molar-refractivity contribution in [3.8, 4) is 0 Å². The van der Waals surface area contributed by atoms with Crippen molar-refractivity contribution in [3.63, 3.8) is 0 Å². The van der Waals surface area contributed by atoms with Gasteiger partial charge in [-0.25, -0.2) is 0 Å². The van der Waals surface area contributed by atoms with Crippen molar-refractivity contribution in [2.75, 3.05) is 5.88 Å². The van der Waals surface area contributed by atoms with Crippen molar-refractivity contribution in [1.29, 1.82) is 0 Å². The Labute approximate surface area is 97.2 Å². The third-order valence-electron chi connectivity index (χ3n) is 1.73. The minimum absolute atomic E-state index is 0.612. The quantitative estimate of drug-likeness (QED) is 0.515. The first kappa shape index (κ1) is 13.8. The highest BCUT2D eigenvalue weighted by molar-refractivity contribution is 6.17. The molecular formula is C12H18Cl2. The molecule has 0 bridgehead atoms. The summed E-state index contributed by atoms with van der Waals surface area (Å²) in [5.74, 6) is 1.44. The summed E-state index contributed by atoms with van der Waals surface area (Å²) in [6.45, 7) is 2.17. The Morgan fingerprint density at radius 3 is 1.93 bits per heavy atom. The topological polar surface area (TPSA) is 0 Å². The number of unbranched alkanes of at least 4 members (excludes halogenated alkanes) is 2. The maximum atomic E-state index is 5.53. The van der Waals surface area contributed by atoms with E-state index < -0.39 is 0 Å².